The quantitative estimate of drug-likeness (QED) is 0.884. The maximum Gasteiger partial charge on any atom is 0.138 e. The van der Waals surface area contributed by atoms with Gasteiger partial charge >= 0.3 is 0 Å². The smallest absolute Gasteiger partial charge is 0.138 e. The van der Waals surface area contributed by atoms with Gasteiger partial charge in [0.25, 0.3) is 0 Å². The van der Waals surface area contributed by atoms with Gasteiger partial charge in [0.1, 0.15) is 17.5 Å². The highest BCUT2D eigenvalue weighted by atomic mass is 15.1. The summed E-state index contributed by atoms with van der Waals surface area (Å²) in [6.07, 6.45) is 0. The molecule has 0 spiro atoms. The number of nitrogens with one attached hydrogen (secondary N) is 2. The molecule has 1 aromatic heterocycles. The average Bonchev–Trinajstić information content (AvgIpc) is 2.70. The number of anilines is 2. The summed E-state index contributed by atoms with van der Waals surface area (Å²) in [4.78, 5) is 9.26. The highest BCUT2D eigenvalue weighted by Crippen LogP contribution is 2.63. The largest absolute Gasteiger partial charge is 0.373 e. The number of nitrogens with zero attached hydrogens (tertiary/aromatic N) is 2. The Morgan fingerprint density at radius 1 is 1.00 bits per heavy atom. The van der Waals surface area contributed by atoms with Gasteiger partial charge in [-0.05, 0) is 10.8 Å². The molecule has 0 saturated heterocycles. The molecule has 0 atom stereocenters. The Kier molecular flexibility index (Phi) is 3.27. The van der Waals surface area contributed by atoms with Crippen LogP contribution in [0.5, 0.6) is 0 Å². The summed E-state index contributed by atoms with van der Waals surface area (Å²) in [5.74, 6) is 2.64. The van der Waals surface area contributed by atoms with Gasteiger partial charge in [0.15, 0.2) is 0 Å². The van der Waals surface area contributed by atoms with Crippen molar-refractivity contribution in [3.63, 3.8) is 0 Å². The second-order valence-corrected chi connectivity index (χ2v) is 7.98. The van der Waals surface area contributed by atoms with Crippen LogP contribution in [0.4, 0.5) is 11.6 Å². The van der Waals surface area contributed by atoms with Gasteiger partial charge in [0.2, 0.25) is 0 Å². The van der Waals surface area contributed by atoms with Gasteiger partial charge in [-0.3, -0.25) is 0 Å². The lowest BCUT2D eigenvalue weighted by atomic mass is 9.96. The highest BCUT2D eigenvalue weighted by Gasteiger charge is 2.65. The summed E-state index contributed by atoms with van der Waals surface area (Å²) in [6.45, 7) is 15.6. The minimum atomic E-state index is -0.0577. The van der Waals surface area contributed by atoms with E-state index >= 15 is 0 Å². The topological polar surface area (TPSA) is 49.8 Å². The van der Waals surface area contributed by atoms with Crippen molar-refractivity contribution in [3.05, 3.63) is 11.9 Å². The van der Waals surface area contributed by atoms with Crippen LogP contribution >= 0.6 is 0 Å². The summed E-state index contributed by atoms with van der Waals surface area (Å²) >= 11 is 0. The van der Waals surface area contributed by atoms with E-state index < -0.39 is 0 Å². The molecule has 2 N–H and O–H groups in total. The number of aromatic nitrogens is 2. The molecule has 0 amide bonds. The molecule has 0 aliphatic heterocycles. The first kappa shape index (κ1) is 15.1. The number of hydrogen-bond donors (Lipinski definition) is 2. The van der Waals surface area contributed by atoms with Gasteiger partial charge in [0.05, 0.1) is 0 Å². The molecule has 1 fully saturated rings. The molecule has 2 rings (SSSR count). The lowest BCUT2D eigenvalue weighted by Crippen LogP contribution is -2.19. The molecule has 20 heavy (non-hydrogen) atoms. The van der Waals surface area contributed by atoms with E-state index in [1.807, 2.05) is 13.1 Å². The first-order valence-electron chi connectivity index (χ1n) is 7.34. The number of rotatable bonds is 3. The third-order valence-electron chi connectivity index (χ3n) is 4.97. The molecule has 1 heterocycles. The average molecular weight is 276 g/mol. The van der Waals surface area contributed by atoms with Gasteiger partial charge in [0, 0.05) is 24.6 Å². The van der Waals surface area contributed by atoms with E-state index in [1.165, 1.54) is 0 Å². The van der Waals surface area contributed by atoms with Crippen LogP contribution in [-0.4, -0.2) is 23.1 Å². The third kappa shape index (κ3) is 2.36. The van der Waals surface area contributed by atoms with Crippen molar-refractivity contribution in [3.8, 4) is 0 Å². The Morgan fingerprint density at radius 3 is 1.90 bits per heavy atom. The van der Waals surface area contributed by atoms with Gasteiger partial charge in [-0.25, -0.2) is 9.97 Å². The van der Waals surface area contributed by atoms with E-state index in [1.54, 1.807) is 0 Å². The first-order chi connectivity index (χ1) is 9.00. The summed E-state index contributed by atoms with van der Waals surface area (Å²) in [5.41, 5.74) is 0.525. The van der Waals surface area contributed by atoms with Crippen LogP contribution in [-0.2, 0) is 5.41 Å². The van der Waals surface area contributed by atoms with Crippen LogP contribution in [0.25, 0.3) is 0 Å². The van der Waals surface area contributed by atoms with Gasteiger partial charge in [-0.15, -0.1) is 0 Å². The van der Waals surface area contributed by atoms with E-state index in [9.17, 15) is 0 Å². The van der Waals surface area contributed by atoms with Gasteiger partial charge < -0.3 is 10.6 Å². The van der Waals surface area contributed by atoms with Crippen molar-refractivity contribution < 1.29 is 0 Å². The SMILES string of the molecule is CNc1cc(NC2C(C)(C)C2(C)C)nc(C(C)(C)C)n1. The zero-order valence-electron chi connectivity index (χ0n) is 14.0. The Bertz CT molecular complexity index is 498. The Labute approximate surface area is 122 Å². The van der Waals surface area contributed by atoms with E-state index in [2.05, 4.69) is 64.1 Å². The van der Waals surface area contributed by atoms with Gasteiger partial charge in [-0.2, -0.15) is 0 Å². The minimum absolute atomic E-state index is 0.0577. The molecular formula is C16H28N4. The molecule has 0 aromatic carbocycles. The molecule has 0 unspecified atom stereocenters. The Morgan fingerprint density at radius 2 is 1.50 bits per heavy atom. The van der Waals surface area contributed by atoms with Crippen LogP contribution in [0.3, 0.4) is 0 Å². The van der Waals surface area contributed by atoms with Crippen molar-refractivity contribution in [2.45, 2.75) is 59.9 Å². The zero-order valence-corrected chi connectivity index (χ0v) is 14.0. The summed E-state index contributed by atoms with van der Waals surface area (Å²) in [7, 11) is 1.89. The van der Waals surface area contributed by atoms with Crippen LogP contribution in [0.1, 0.15) is 54.3 Å². The lowest BCUT2D eigenvalue weighted by molar-refractivity contribution is 0.457. The molecular weight excluding hydrogens is 248 g/mol. The van der Waals surface area contributed by atoms with Crippen molar-refractivity contribution in [1.29, 1.82) is 0 Å². The molecule has 112 valence electrons. The highest BCUT2D eigenvalue weighted by molar-refractivity contribution is 5.50. The first-order valence-corrected chi connectivity index (χ1v) is 7.34. The molecule has 0 bridgehead atoms. The molecule has 1 saturated carbocycles. The fourth-order valence-corrected chi connectivity index (χ4v) is 2.69. The van der Waals surface area contributed by atoms with Crippen molar-refractivity contribution in [1.82, 2.24) is 9.97 Å². The van der Waals surface area contributed by atoms with E-state index in [0.29, 0.717) is 16.9 Å². The summed E-state index contributed by atoms with van der Waals surface area (Å²) < 4.78 is 0. The lowest BCUT2D eigenvalue weighted by Gasteiger charge is -2.19. The molecule has 1 aromatic rings. The van der Waals surface area contributed by atoms with Gasteiger partial charge in [-0.1, -0.05) is 48.5 Å². The Balaban J connectivity index is 2.30. The molecule has 0 radical (unpaired) electrons. The van der Waals surface area contributed by atoms with Crippen LogP contribution in [0.15, 0.2) is 6.07 Å². The molecule has 1 aliphatic rings. The van der Waals surface area contributed by atoms with Crippen LogP contribution in [0.2, 0.25) is 0 Å². The third-order valence-corrected chi connectivity index (χ3v) is 4.97. The van der Waals surface area contributed by atoms with Crippen molar-refractivity contribution >= 4 is 11.6 Å². The summed E-state index contributed by atoms with van der Waals surface area (Å²) in [6, 6.07) is 2.43. The second-order valence-electron chi connectivity index (χ2n) is 7.98. The van der Waals surface area contributed by atoms with E-state index in [0.717, 1.165) is 17.5 Å². The molecule has 4 nitrogen and oxygen atoms in total. The molecule has 4 heteroatoms. The van der Waals surface area contributed by atoms with E-state index in [4.69, 9.17) is 4.98 Å². The fraction of sp³-hybridized carbons (Fsp3) is 0.750. The van der Waals surface area contributed by atoms with Crippen molar-refractivity contribution in [2.24, 2.45) is 10.8 Å². The standard InChI is InChI=1S/C16H28N4/c1-14(2,3)13-19-10(17-8)9-11(20-13)18-12-15(4,5)16(12,6)7/h9,12H,1-8H3,(H2,17,18,19,20). The Hall–Kier alpha value is -1.32. The summed E-state index contributed by atoms with van der Waals surface area (Å²) in [5, 5.41) is 6.72. The molecule has 1 aliphatic carbocycles. The zero-order chi connectivity index (χ0) is 15.3. The second kappa shape index (κ2) is 4.34. The predicted octanol–water partition coefficient (Wildman–Crippen LogP) is 3.66. The monoisotopic (exact) mass is 276 g/mol. The predicted molar refractivity (Wildman–Crippen MR) is 85.3 cm³/mol. The van der Waals surface area contributed by atoms with Crippen LogP contribution in [0, 0.1) is 10.8 Å². The van der Waals surface area contributed by atoms with E-state index in [-0.39, 0.29) is 5.41 Å². The maximum absolute atomic E-state index is 4.70. The normalized spacial score (nSPS) is 20.6. The maximum atomic E-state index is 4.70. The van der Waals surface area contributed by atoms with Crippen molar-refractivity contribution in [2.75, 3.05) is 17.7 Å². The number of hydrogen-bond acceptors (Lipinski definition) is 4. The fourth-order valence-electron chi connectivity index (χ4n) is 2.69. The van der Waals surface area contributed by atoms with Crippen LogP contribution < -0.4 is 10.6 Å². The minimum Gasteiger partial charge on any atom is -0.373 e.